The molecular weight excluding hydrogens is 365 g/mol. The minimum Gasteiger partial charge on any atom is -0.340 e. The Morgan fingerprint density at radius 2 is 2.10 bits per heavy atom. The molecule has 0 saturated heterocycles. The molecule has 0 unspecified atom stereocenters. The van der Waals surface area contributed by atoms with Crippen molar-refractivity contribution in [3.05, 3.63) is 44.7 Å². The van der Waals surface area contributed by atoms with E-state index in [2.05, 4.69) is 31.2 Å². The zero-order valence-electron chi connectivity index (χ0n) is 10.2. The Morgan fingerprint density at radius 3 is 2.85 bits per heavy atom. The topological polar surface area (TPSA) is 37.8 Å². The number of anilines is 2. The molecule has 3 aromatic rings. The van der Waals surface area contributed by atoms with Crippen LogP contribution >= 0.6 is 38.9 Å². The molecule has 0 fully saturated rings. The van der Waals surface area contributed by atoms with Gasteiger partial charge in [-0.15, -0.1) is 11.3 Å². The Hall–Kier alpha value is -1.24. The maximum Gasteiger partial charge on any atom is 0.225 e. The molecule has 0 radical (unpaired) electrons. The molecule has 20 heavy (non-hydrogen) atoms. The molecule has 102 valence electrons. The molecule has 1 N–H and O–H groups in total. The normalized spacial score (nSPS) is 11.0. The van der Waals surface area contributed by atoms with E-state index in [1.54, 1.807) is 23.5 Å². The number of aryl methyl sites for hydroxylation is 1. The van der Waals surface area contributed by atoms with Gasteiger partial charge < -0.3 is 5.32 Å². The zero-order valence-corrected chi connectivity index (χ0v) is 13.4. The van der Waals surface area contributed by atoms with Gasteiger partial charge in [0.25, 0.3) is 0 Å². The second-order valence-corrected chi connectivity index (χ2v) is 6.60. The number of nitrogens with one attached hydrogen (secondary N) is 1. The number of benzene rings is 1. The molecule has 0 aliphatic heterocycles. The Labute approximate surface area is 132 Å². The van der Waals surface area contributed by atoms with Crippen molar-refractivity contribution in [3.8, 4) is 0 Å². The number of nitrogens with zero attached hydrogens (tertiary/aromatic N) is 2. The van der Waals surface area contributed by atoms with Crippen LogP contribution in [0, 0.1) is 12.7 Å². The number of hydrogen-bond donors (Lipinski definition) is 1. The van der Waals surface area contributed by atoms with Gasteiger partial charge in [-0.2, -0.15) is 4.98 Å². The van der Waals surface area contributed by atoms with E-state index in [1.807, 2.05) is 13.0 Å². The van der Waals surface area contributed by atoms with Crippen LogP contribution in [0.25, 0.3) is 10.2 Å². The zero-order chi connectivity index (χ0) is 14.3. The van der Waals surface area contributed by atoms with Gasteiger partial charge in [0.05, 0.1) is 9.86 Å². The molecule has 0 aliphatic carbocycles. The highest BCUT2D eigenvalue weighted by Crippen LogP contribution is 2.32. The number of rotatable bonds is 2. The number of aromatic nitrogens is 2. The van der Waals surface area contributed by atoms with Crippen LogP contribution < -0.4 is 5.32 Å². The molecule has 0 spiro atoms. The second-order valence-electron chi connectivity index (χ2n) is 4.17. The standard InChI is InChI=1S/C13H8BrClFN3S/c1-6-4-8-11(18-13(15)19-12(8)20-6)17-7-2-3-10(16)9(14)5-7/h2-5H,1H3,(H,17,18,19). The average Bonchev–Trinajstić information content (AvgIpc) is 2.74. The van der Waals surface area contributed by atoms with Crippen LogP contribution in [0.3, 0.4) is 0 Å². The maximum absolute atomic E-state index is 13.2. The predicted octanol–water partition coefficient (Wildman–Crippen LogP) is 5.30. The third-order valence-electron chi connectivity index (χ3n) is 2.67. The van der Waals surface area contributed by atoms with E-state index < -0.39 is 0 Å². The molecule has 0 amide bonds. The first kappa shape index (κ1) is 13.7. The van der Waals surface area contributed by atoms with E-state index in [0.29, 0.717) is 10.3 Å². The van der Waals surface area contributed by atoms with Crippen LogP contribution in [-0.2, 0) is 0 Å². The van der Waals surface area contributed by atoms with Crippen molar-refractivity contribution < 1.29 is 4.39 Å². The van der Waals surface area contributed by atoms with Gasteiger partial charge in [0, 0.05) is 10.6 Å². The Balaban J connectivity index is 2.07. The number of halogens is 3. The van der Waals surface area contributed by atoms with Crippen LogP contribution in [0.2, 0.25) is 5.28 Å². The van der Waals surface area contributed by atoms with Crippen molar-refractivity contribution in [1.29, 1.82) is 0 Å². The van der Waals surface area contributed by atoms with Crippen LogP contribution in [0.1, 0.15) is 4.88 Å². The first-order valence-electron chi connectivity index (χ1n) is 5.69. The molecule has 2 aromatic heterocycles. The fourth-order valence-corrected chi connectivity index (χ4v) is 3.30. The number of thiophene rings is 1. The third kappa shape index (κ3) is 2.63. The molecular formula is C13H8BrClFN3S. The minimum atomic E-state index is -0.312. The monoisotopic (exact) mass is 371 g/mol. The highest BCUT2D eigenvalue weighted by molar-refractivity contribution is 9.10. The van der Waals surface area contributed by atoms with Crippen LogP contribution in [0.4, 0.5) is 15.9 Å². The van der Waals surface area contributed by atoms with Crippen molar-refractivity contribution in [2.45, 2.75) is 6.92 Å². The van der Waals surface area contributed by atoms with Gasteiger partial charge in [-0.3, -0.25) is 0 Å². The van der Waals surface area contributed by atoms with E-state index in [-0.39, 0.29) is 11.1 Å². The van der Waals surface area contributed by atoms with Crippen LogP contribution in [0.5, 0.6) is 0 Å². The lowest BCUT2D eigenvalue weighted by atomic mass is 10.3. The summed E-state index contributed by atoms with van der Waals surface area (Å²) in [6.07, 6.45) is 0. The SMILES string of the molecule is Cc1cc2c(Nc3ccc(F)c(Br)c3)nc(Cl)nc2s1. The van der Waals surface area contributed by atoms with E-state index >= 15 is 0 Å². The molecule has 1 aromatic carbocycles. The summed E-state index contributed by atoms with van der Waals surface area (Å²) in [5, 5.41) is 4.23. The van der Waals surface area contributed by atoms with Crippen molar-refractivity contribution in [3.63, 3.8) is 0 Å². The number of fused-ring (bicyclic) bond motifs is 1. The lowest BCUT2D eigenvalue weighted by Crippen LogP contribution is -1.96. The van der Waals surface area contributed by atoms with Gasteiger partial charge in [-0.25, -0.2) is 9.37 Å². The van der Waals surface area contributed by atoms with Gasteiger partial charge in [0.15, 0.2) is 0 Å². The average molecular weight is 373 g/mol. The Morgan fingerprint density at radius 1 is 1.30 bits per heavy atom. The molecule has 0 atom stereocenters. The second kappa shape index (κ2) is 5.27. The Bertz CT molecular complexity index is 806. The van der Waals surface area contributed by atoms with E-state index in [4.69, 9.17) is 11.6 Å². The smallest absolute Gasteiger partial charge is 0.225 e. The first-order chi connectivity index (χ1) is 9.52. The highest BCUT2D eigenvalue weighted by atomic mass is 79.9. The van der Waals surface area contributed by atoms with Crippen LogP contribution in [-0.4, -0.2) is 9.97 Å². The van der Waals surface area contributed by atoms with Crippen molar-refractivity contribution >= 4 is 60.6 Å². The molecule has 0 saturated carbocycles. The van der Waals surface area contributed by atoms with Crippen LogP contribution in [0.15, 0.2) is 28.7 Å². The van der Waals surface area contributed by atoms with Crippen molar-refractivity contribution in [1.82, 2.24) is 9.97 Å². The van der Waals surface area contributed by atoms with Gasteiger partial charge in [0.2, 0.25) is 5.28 Å². The summed E-state index contributed by atoms with van der Waals surface area (Å²) in [5.74, 6) is 0.302. The summed E-state index contributed by atoms with van der Waals surface area (Å²) in [5.41, 5.74) is 0.721. The van der Waals surface area contributed by atoms with Crippen molar-refractivity contribution in [2.24, 2.45) is 0 Å². The molecule has 2 heterocycles. The lowest BCUT2D eigenvalue weighted by Gasteiger charge is -2.07. The Kier molecular flexibility index (Phi) is 3.62. The summed E-state index contributed by atoms with van der Waals surface area (Å²) in [6.45, 7) is 2.00. The molecule has 7 heteroatoms. The van der Waals surface area contributed by atoms with Gasteiger partial charge in [0.1, 0.15) is 16.5 Å². The summed E-state index contributed by atoms with van der Waals surface area (Å²) in [7, 11) is 0. The predicted molar refractivity (Wildman–Crippen MR) is 84.5 cm³/mol. The quantitative estimate of drug-likeness (QED) is 0.620. The molecule has 0 aliphatic rings. The summed E-state index contributed by atoms with van der Waals surface area (Å²) in [6, 6.07) is 6.67. The van der Waals surface area contributed by atoms with Gasteiger partial charge >= 0.3 is 0 Å². The maximum atomic E-state index is 13.2. The third-order valence-corrected chi connectivity index (χ3v) is 4.39. The molecule has 3 nitrogen and oxygen atoms in total. The largest absolute Gasteiger partial charge is 0.340 e. The summed E-state index contributed by atoms with van der Waals surface area (Å²) < 4.78 is 13.6. The fourth-order valence-electron chi connectivity index (χ4n) is 1.82. The minimum absolute atomic E-state index is 0.183. The summed E-state index contributed by atoms with van der Waals surface area (Å²) >= 11 is 10.6. The summed E-state index contributed by atoms with van der Waals surface area (Å²) in [4.78, 5) is 10.3. The van der Waals surface area contributed by atoms with E-state index in [1.165, 1.54) is 6.07 Å². The van der Waals surface area contributed by atoms with E-state index in [0.717, 1.165) is 20.8 Å². The molecule has 3 rings (SSSR count). The first-order valence-corrected chi connectivity index (χ1v) is 7.67. The molecule has 0 bridgehead atoms. The fraction of sp³-hybridized carbons (Fsp3) is 0.0769. The van der Waals surface area contributed by atoms with Gasteiger partial charge in [-0.1, -0.05) is 0 Å². The van der Waals surface area contributed by atoms with E-state index in [9.17, 15) is 4.39 Å². The number of hydrogen-bond acceptors (Lipinski definition) is 4. The van der Waals surface area contributed by atoms with Gasteiger partial charge in [-0.05, 0) is 58.7 Å². The lowest BCUT2D eigenvalue weighted by molar-refractivity contribution is 0.621. The highest BCUT2D eigenvalue weighted by Gasteiger charge is 2.10. The van der Waals surface area contributed by atoms with Crippen molar-refractivity contribution in [2.75, 3.05) is 5.32 Å².